The van der Waals surface area contributed by atoms with Gasteiger partial charge >= 0.3 is 0 Å². The van der Waals surface area contributed by atoms with Crippen LogP contribution in [-0.2, 0) is 13.0 Å². The lowest BCUT2D eigenvalue weighted by molar-refractivity contribution is 0.400. The average Bonchev–Trinajstić information content (AvgIpc) is 2.68. The molecule has 0 aliphatic heterocycles. The summed E-state index contributed by atoms with van der Waals surface area (Å²) in [6.45, 7) is 7.41. The molecule has 1 rings (SSSR count). The number of aryl methyl sites for hydroxylation is 1. The van der Waals surface area contributed by atoms with Crippen molar-refractivity contribution in [3.63, 3.8) is 0 Å². The number of hydrogen-bond donors (Lipinski definition) is 1. The predicted octanol–water partition coefficient (Wildman–Crippen LogP) is 2.22. The Morgan fingerprint density at radius 3 is 2.71 bits per heavy atom. The molecule has 2 N–H and O–H groups in total. The van der Waals surface area contributed by atoms with Crippen molar-refractivity contribution in [2.24, 2.45) is 11.7 Å². The molecule has 0 radical (unpaired) electrons. The van der Waals surface area contributed by atoms with Gasteiger partial charge in [-0.3, -0.25) is 4.68 Å². The van der Waals surface area contributed by atoms with E-state index in [1.807, 2.05) is 4.68 Å². The normalized spacial score (nSPS) is 13.1. The fraction of sp³-hybridized carbons (Fsp3) is 0.769. The van der Waals surface area contributed by atoms with Gasteiger partial charge in [-0.15, -0.1) is 0 Å². The van der Waals surface area contributed by atoms with Crippen LogP contribution in [0.4, 0.5) is 0 Å². The summed E-state index contributed by atoms with van der Waals surface area (Å²) in [5, 5.41) is 4.35. The number of aromatic nitrogens is 2. The fourth-order valence-corrected chi connectivity index (χ4v) is 1.86. The molecule has 4 heteroatoms. The van der Waals surface area contributed by atoms with Crippen LogP contribution in [0.15, 0.2) is 6.20 Å². The Kier molecular flexibility index (Phi) is 5.48. The molecule has 17 heavy (non-hydrogen) atoms. The van der Waals surface area contributed by atoms with Crippen LogP contribution in [0.1, 0.15) is 39.3 Å². The number of nitrogens with zero attached hydrogens (tertiary/aromatic N) is 2. The zero-order valence-electron chi connectivity index (χ0n) is 11.4. The van der Waals surface area contributed by atoms with E-state index in [1.54, 1.807) is 13.3 Å². The molecule has 98 valence electrons. The first-order valence-electron chi connectivity index (χ1n) is 6.44. The van der Waals surface area contributed by atoms with Gasteiger partial charge in [-0.05, 0) is 25.2 Å². The van der Waals surface area contributed by atoms with Crippen LogP contribution in [0, 0.1) is 5.92 Å². The van der Waals surface area contributed by atoms with Crippen LogP contribution in [0.2, 0.25) is 0 Å². The number of methoxy groups -OCH3 is 1. The average molecular weight is 239 g/mol. The second-order valence-electron chi connectivity index (χ2n) is 4.83. The Balaban J connectivity index is 2.70. The number of nitrogens with two attached hydrogens (primary N) is 1. The molecule has 0 saturated carbocycles. The molecular formula is C13H25N3O. The van der Waals surface area contributed by atoms with Gasteiger partial charge in [0.25, 0.3) is 0 Å². The molecule has 0 saturated heterocycles. The van der Waals surface area contributed by atoms with E-state index in [2.05, 4.69) is 25.9 Å². The third-order valence-corrected chi connectivity index (χ3v) is 3.14. The lowest BCUT2D eigenvalue weighted by Crippen LogP contribution is -2.27. The van der Waals surface area contributed by atoms with Crippen molar-refractivity contribution >= 4 is 0 Å². The van der Waals surface area contributed by atoms with Gasteiger partial charge in [-0.2, -0.15) is 5.10 Å². The lowest BCUT2D eigenvalue weighted by Gasteiger charge is -2.16. The number of ether oxygens (including phenoxy) is 1. The van der Waals surface area contributed by atoms with Crippen molar-refractivity contribution in [3.8, 4) is 5.75 Å². The summed E-state index contributed by atoms with van der Waals surface area (Å²) in [5.74, 6) is 1.40. The zero-order chi connectivity index (χ0) is 12.8. The summed E-state index contributed by atoms with van der Waals surface area (Å²) >= 11 is 0. The van der Waals surface area contributed by atoms with E-state index >= 15 is 0 Å². The summed E-state index contributed by atoms with van der Waals surface area (Å²) in [6.07, 6.45) is 4.78. The first-order valence-corrected chi connectivity index (χ1v) is 6.44. The Morgan fingerprint density at radius 2 is 2.18 bits per heavy atom. The summed E-state index contributed by atoms with van der Waals surface area (Å²) in [4.78, 5) is 0. The van der Waals surface area contributed by atoms with Gasteiger partial charge in [0, 0.05) is 12.6 Å². The minimum absolute atomic E-state index is 0.240. The lowest BCUT2D eigenvalue weighted by atomic mass is 9.99. The van der Waals surface area contributed by atoms with Crippen molar-refractivity contribution in [1.29, 1.82) is 0 Å². The van der Waals surface area contributed by atoms with E-state index in [0.717, 1.165) is 31.6 Å². The van der Waals surface area contributed by atoms with E-state index in [4.69, 9.17) is 10.5 Å². The SMILES string of the molecule is CCCn1ncc(OC)c1CCC(N)C(C)C. The van der Waals surface area contributed by atoms with Crippen LogP contribution in [0.3, 0.4) is 0 Å². The maximum absolute atomic E-state index is 6.08. The maximum Gasteiger partial charge on any atom is 0.159 e. The highest BCUT2D eigenvalue weighted by Gasteiger charge is 2.14. The summed E-state index contributed by atoms with van der Waals surface area (Å²) in [6, 6.07) is 0.240. The van der Waals surface area contributed by atoms with Crippen molar-refractivity contribution in [1.82, 2.24) is 9.78 Å². The molecular weight excluding hydrogens is 214 g/mol. The molecule has 1 heterocycles. The van der Waals surface area contributed by atoms with Crippen LogP contribution in [0.25, 0.3) is 0 Å². The number of rotatable bonds is 7. The summed E-state index contributed by atoms with van der Waals surface area (Å²) in [7, 11) is 1.69. The maximum atomic E-state index is 6.08. The van der Waals surface area contributed by atoms with E-state index in [9.17, 15) is 0 Å². The minimum atomic E-state index is 0.240. The molecule has 0 aliphatic rings. The molecule has 0 bridgehead atoms. The first kappa shape index (κ1) is 14.0. The highest BCUT2D eigenvalue weighted by atomic mass is 16.5. The van der Waals surface area contributed by atoms with Gasteiger partial charge in [-0.25, -0.2) is 0 Å². The molecule has 0 aromatic carbocycles. The fourth-order valence-electron chi connectivity index (χ4n) is 1.86. The molecule has 1 atom stereocenters. The van der Waals surface area contributed by atoms with Crippen LogP contribution in [0.5, 0.6) is 5.75 Å². The molecule has 0 spiro atoms. The van der Waals surface area contributed by atoms with Gasteiger partial charge in [0.15, 0.2) is 5.75 Å². The van der Waals surface area contributed by atoms with E-state index in [1.165, 1.54) is 5.69 Å². The smallest absolute Gasteiger partial charge is 0.159 e. The third kappa shape index (κ3) is 3.73. The van der Waals surface area contributed by atoms with E-state index in [-0.39, 0.29) is 6.04 Å². The molecule has 1 aromatic rings. The second-order valence-corrected chi connectivity index (χ2v) is 4.83. The summed E-state index contributed by atoms with van der Waals surface area (Å²) < 4.78 is 7.37. The Bertz CT molecular complexity index is 333. The second kappa shape index (κ2) is 6.64. The Labute approximate surface area is 104 Å². The van der Waals surface area contributed by atoms with Gasteiger partial charge in [0.1, 0.15) is 0 Å². The minimum Gasteiger partial charge on any atom is -0.493 e. The van der Waals surface area contributed by atoms with Crippen molar-refractivity contribution < 1.29 is 4.74 Å². The van der Waals surface area contributed by atoms with Gasteiger partial charge in [0.05, 0.1) is 19.0 Å². The van der Waals surface area contributed by atoms with Crippen molar-refractivity contribution in [3.05, 3.63) is 11.9 Å². The largest absolute Gasteiger partial charge is 0.493 e. The molecule has 1 unspecified atom stereocenters. The molecule has 0 aliphatic carbocycles. The highest BCUT2D eigenvalue weighted by molar-refractivity contribution is 5.25. The zero-order valence-corrected chi connectivity index (χ0v) is 11.4. The number of hydrogen-bond acceptors (Lipinski definition) is 3. The molecule has 0 fully saturated rings. The van der Waals surface area contributed by atoms with Gasteiger partial charge < -0.3 is 10.5 Å². The monoisotopic (exact) mass is 239 g/mol. The standard InChI is InChI=1S/C13H25N3O/c1-5-8-16-12(13(17-4)9-15-16)7-6-11(14)10(2)3/h9-11H,5-8,14H2,1-4H3. The van der Waals surface area contributed by atoms with Crippen molar-refractivity contribution in [2.75, 3.05) is 7.11 Å². The summed E-state index contributed by atoms with van der Waals surface area (Å²) in [5.41, 5.74) is 7.25. The van der Waals surface area contributed by atoms with E-state index in [0.29, 0.717) is 5.92 Å². The van der Waals surface area contributed by atoms with Crippen molar-refractivity contribution in [2.45, 2.75) is 52.6 Å². The third-order valence-electron chi connectivity index (χ3n) is 3.14. The predicted molar refractivity (Wildman–Crippen MR) is 70.2 cm³/mol. The molecule has 4 nitrogen and oxygen atoms in total. The quantitative estimate of drug-likeness (QED) is 0.793. The highest BCUT2D eigenvalue weighted by Crippen LogP contribution is 2.20. The first-order chi connectivity index (χ1) is 8.10. The van der Waals surface area contributed by atoms with E-state index < -0.39 is 0 Å². The van der Waals surface area contributed by atoms with Crippen LogP contribution in [-0.4, -0.2) is 22.9 Å². The molecule has 0 amide bonds. The van der Waals surface area contributed by atoms with Crippen LogP contribution >= 0.6 is 0 Å². The Morgan fingerprint density at radius 1 is 1.47 bits per heavy atom. The Hall–Kier alpha value is -1.03. The topological polar surface area (TPSA) is 53.1 Å². The molecule has 1 aromatic heterocycles. The van der Waals surface area contributed by atoms with Gasteiger partial charge in [-0.1, -0.05) is 20.8 Å². The van der Waals surface area contributed by atoms with Crippen LogP contribution < -0.4 is 10.5 Å². The van der Waals surface area contributed by atoms with Gasteiger partial charge in [0.2, 0.25) is 0 Å².